The third-order valence-electron chi connectivity index (χ3n) is 6.23. The summed E-state index contributed by atoms with van der Waals surface area (Å²) in [4.78, 5) is 37.1. The highest BCUT2D eigenvalue weighted by Crippen LogP contribution is 2.34. The molecule has 208 valence electrons. The number of nitro groups is 1. The molecule has 10 nitrogen and oxygen atoms in total. The number of carbonyl (C=O) groups excluding carboxylic acids is 1. The number of aryl methyl sites for hydroxylation is 1. The minimum absolute atomic E-state index is 0.0583. The molecule has 4 rings (SSSR count). The molecule has 0 radical (unpaired) electrons. The Hall–Kier alpha value is -4.81. The molecule has 1 N–H and O–H groups in total. The van der Waals surface area contributed by atoms with Gasteiger partial charge in [-0.3, -0.25) is 19.3 Å². The number of alkyl halides is 3. The number of non-ortho nitro benzene ring substituents is 1. The second kappa shape index (κ2) is 11.1. The Morgan fingerprint density at radius 2 is 1.95 bits per heavy atom. The van der Waals surface area contributed by atoms with Gasteiger partial charge < -0.3 is 10.2 Å². The summed E-state index contributed by atoms with van der Waals surface area (Å²) in [5, 5.41) is 14.8. The number of hydrogen-bond acceptors (Lipinski definition) is 8. The summed E-state index contributed by atoms with van der Waals surface area (Å²) >= 11 is 0. The van der Waals surface area contributed by atoms with Crippen LogP contribution in [0.5, 0.6) is 0 Å². The fourth-order valence-corrected chi connectivity index (χ4v) is 4.06. The van der Waals surface area contributed by atoms with E-state index in [1.165, 1.54) is 6.08 Å². The molecule has 3 aromatic heterocycles. The molecule has 0 bridgehead atoms. The number of rotatable bonds is 9. The average Bonchev–Trinajstić information content (AvgIpc) is 3.39. The van der Waals surface area contributed by atoms with Crippen molar-refractivity contribution in [2.45, 2.75) is 39.5 Å². The molecule has 0 aliphatic rings. The van der Waals surface area contributed by atoms with E-state index in [2.05, 4.69) is 20.3 Å². The van der Waals surface area contributed by atoms with Crippen LogP contribution in [0.4, 0.5) is 24.7 Å². The molecular formula is C27H26F3N7O3. The molecule has 0 amide bonds. The molecule has 4 aromatic rings. The van der Waals surface area contributed by atoms with Gasteiger partial charge in [-0.1, -0.05) is 0 Å². The van der Waals surface area contributed by atoms with Gasteiger partial charge in [0.2, 0.25) is 0 Å². The van der Waals surface area contributed by atoms with Crippen LogP contribution in [0.3, 0.4) is 0 Å². The zero-order chi connectivity index (χ0) is 29.2. The highest BCUT2D eigenvalue weighted by Gasteiger charge is 2.32. The van der Waals surface area contributed by atoms with Gasteiger partial charge in [0.1, 0.15) is 23.6 Å². The van der Waals surface area contributed by atoms with Gasteiger partial charge in [0.25, 0.3) is 5.69 Å². The fourth-order valence-electron chi connectivity index (χ4n) is 4.06. The number of benzene rings is 1. The summed E-state index contributed by atoms with van der Waals surface area (Å²) < 4.78 is 41.9. The van der Waals surface area contributed by atoms with E-state index in [-0.39, 0.29) is 18.2 Å². The van der Waals surface area contributed by atoms with Crippen molar-refractivity contribution < 1.29 is 22.9 Å². The monoisotopic (exact) mass is 553 g/mol. The number of nitro benzene ring substituents is 1. The number of halogens is 3. The molecule has 0 saturated heterocycles. The standard InChI is InChI=1S/C27H26F3N7O3/c1-16(2)35(4)15-19(6-5-9-38)22-13-23-24(33-17(3)34-26(23)36-8-7-31-25(22)36)32-14-18-10-20(27(28,29)30)12-21(11-18)37(39)40/h5-13,15-16H,14H2,1-4H3,(H,32,33,34)/b6-5-,19-15+. The van der Waals surface area contributed by atoms with Crippen LogP contribution in [0.15, 0.2) is 55.0 Å². The average molecular weight is 554 g/mol. The molecule has 0 saturated carbocycles. The first-order valence-corrected chi connectivity index (χ1v) is 12.2. The summed E-state index contributed by atoms with van der Waals surface area (Å²) in [6, 6.07) is 4.41. The Balaban J connectivity index is 1.87. The van der Waals surface area contributed by atoms with Crippen molar-refractivity contribution in [3.63, 3.8) is 0 Å². The molecule has 13 heteroatoms. The van der Waals surface area contributed by atoms with Gasteiger partial charge in [-0.2, -0.15) is 13.2 Å². The van der Waals surface area contributed by atoms with E-state index in [1.54, 1.807) is 35.9 Å². The largest absolute Gasteiger partial charge is 0.416 e. The molecule has 0 fully saturated rings. The summed E-state index contributed by atoms with van der Waals surface area (Å²) in [7, 11) is 1.90. The highest BCUT2D eigenvalue weighted by molar-refractivity contribution is 5.95. The van der Waals surface area contributed by atoms with Crippen LogP contribution in [-0.4, -0.2) is 48.6 Å². The number of aromatic nitrogens is 4. The molecule has 1 aromatic carbocycles. The predicted octanol–water partition coefficient (Wildman–Crippen LogP) is 5.56. The second-order valence-electron chi connectivity index (χ2n) is 9.37. The molecule has 0 spiro atoms. The lowest BCUT2D eigenvalue weighted by Crippen LogP contribution is -2.20. The smallest absolute Gasteiger partial charge is 0.377 e. The minimum Gasteiger partial charge on any atom is -0.377 e. The van der Waals surface area contributed by atoms with Gasteiger partial charge in [0, 0.05) is 61.5 Å². The first-order valence-electron chi connectivity index (χ1n) is 12.2. The van der Waals surface area contributed by atoms with Crippen molar-refractivity contribution >= 4 is 40.0 Å². The summed E-state index contributed by atoms with van der Waals surface area (Å²) in [6.45, 7) is 5.53. The quantitative estimate of drug-likeness (QED) is 0.0941. The van der Waals surface area contributed by atoms with Gasteiger partial charge in [-0.25, -0.2) is 15.0 Å². The third-order valence-corrected chi connectivity index (χ3v) is 6.23. The third kappa shape index (κ3) is 5.92. The van der Waals surface area contributed by atoms with E-state index in [9.17, 15) is 28.1 Å². The van der Waals surface area contributed by atoms with Crippen LogP contribution in [0.2, 0.25) is 0 Å². The van der Waals surface area contributed by atoms with E-state index in [1.807, 2.05) is 32.0 Å². The summed E-state index contributed by atoms with van der Waals surface area (Å²) in [5.41, 5.74) is 0.693. The topological polar surface area (TPSA) is 119 Å². The Morgan fingerprint density at radius 1 is 1.20 bits per heavy atom. The molecule has 0 unspecified atom stereocenters. The Bertz CT molecular complexity index is 1660. The van der Waals surface area contributed by atoms with Gasteiger partial charge in [0.15, 0.2) is 5.65 Å². The molecule has 0 atom stereocenters. The summed E-state index contributed by atoms with van der Waals surface area (Å²) in [6.07, 6.45) is 4.16. The van der Waals surface area contributed by atoms with Gasteiger partial charge in [-0.15, -0.1) is 0 Å². The number of nitrogens with zero attached hydrogens (tertiary/aromatic N) is 6. The zero-order valence-corrected chi connectivity index (χ0v) is 22.1. The number of pyridine rings is 1. The maximum absolute atomic E-state index is 13.4. The number of hydrogen-bond donors (Lipinski definition) is 1. The van der Waals surface area contributed by atoms with Gasteiger partial charge in [0.05, 0.1) is 15.9 Å². The minimum atomic E-state index is -4.75. The number of fused-ring (bicyclic) bond motifs is 3. The van der Waals surface area contributed by atoms with E-state index in [0.29, 0.717) is 51.8 Å². The Morgan fingerprint density at radius 3 is 2.60 bits per heavy atom. The predicted molar refractivity (Wildman–Crippen MR) is 145 cm³/mol. The molecular weight excluding hydrogens is 527 g/mol. The Labute approximate surface area is 227 Å². The fraction of sp³-hybridized carbons (Fsp3) is 0.259. The number of imidazole rings is 1. The number of aldehydes is 1. The van der Waals surface area contributed by atoms with Crippen molar-refractivity contribution in [2.24, 2.45) is 0 Å². The van der Waals surface area contributed by atoms with Crippen LogP contribution in [-0.2, 0) is 17.5 Å². The first kappa shape index (κ1) is 28.2. The van der Waals surface area contributed by atoms with Gasteiger partial charge >= 0.3 is 6.18 Å². The molecule has 0 aliphatic carbocycles. The number of carbonyl (C=O) groups is 1. The number of nitrogens with one attached hydrogen (secondary N) is 1. The van der Waals surface area contributed by atoms with Crippen molar-refractivity contribution in [3.05, 3.63) is 87.6 Å². The lowest BCUT2D eigenvalue weighted by Gasteiger charge is -2.21. The SMILES string of the molecule is Cc1nc(NCc2cc([N+](=O)[O-])cc(C(F)(F)F)c2)c2cc(C(/C=C\C=O)=C/N(C)C(C)C)c3nccn3c2n1. The first-order chi connectivity index (χ1) is 18.9. The van der Waals surface area contributed by atoms with Crippen molar-refractivity contribution in [1.82, 2.24) is 24.3 Å². The molecule has 0 aliphatic heterocycles. The van der Waals surface area contributed by atoms with Crippen LogP contribution in [0, 0.1) is 17.0 Å². The second-order valence-corrected chi connectivity index (χ2v) is 9.37. The maximum Gasteiger partial charge on any atom is 0.416 e. The van der Waals surface area contributed by atoms with Crippen LogP contribution in [0.25, 0.3) is 22.3 Å². The lowest BCUT2D eigenvalue weighted by atomic mass is 10.1. The van der Waals surface area contributed by atoms with Crippen LogP contribution >= 0.6 is 0 Å². The number of allylic oxidation sites excluding steroid dienone is 3. The highest BCUT2D eigenvalue weighted by atomic mass is 19.4. The van der Waals surface area contributed by atoms with E-state index >= 15 is 0 Å². The van der Waals surface area contributed by atoms with E-state index in [0.717, 1.165) is 12.1 Å². The number of anilines is 1. The van der Waals surface area contributed by atoms with Crippen LogP contribution in [0.1, 0.15) is 36.4 Å². The summed E-state index contributed by atoms with van der Waals surface area (Å²) in [5.74, 6) is 0.708. The molecule has 40 heavy (non-hydrogen) atoms. The van der Waals surface area contributed by atoms with E-state index < -0.39 is 22.4 Å². The van der Waals surface area contributed by atoms with Gasteiger partial charge in [-0.05, 0) is 50.6 Å². The van der Waals surface area contributed by atoms with E-state index in [4.69, 9.17) is 0 Å². The Kier molecular flexibility index (Phi) is 7.84. The lowest BCUT2D eigenvalue weighted by molar-refractivity contribution is -0.385. The van der Waals surface area contributed by atoms with Crippen molar-refractivity contribution in [3.8, 4) is 0 Å². The zero-order valence-electron chi connectivity index (χ0n) is 22.1. The molecule has 3 heterocycles. The van der Waals surface area contributed by atoms with Crippen LogP contribution < -0.4 is 5.32 Å². The normalized spacial score (nSPS) is 12.6. The van der Waals surface area contributed by atoms with Crippen molar-refractivity contribution in [2.75, 3.05) is 12.4 Å². The maximum atomic E-state index is 13.4. The van der Waals surface area contributed by atoms with Crippen molar-refractivity contribution in [1.29, 1.82) is 0 Å².